The third-order valence-electron chi connectivity index (χ3n) is 6.11. The van der Waals surface area contributed by atoms with Gasteiger partial charge in [0.1, 0.15) is 25.6 Å². The van der Waals surface area contributed by atoms with E-state index in [1.165, 1.54) is 29.5 Å². The summed E-state index contributed by atoms with van der Waals surface area (Å²) >= 11 is 1.29. The van der Waals surface area contributed by atoms with E-state index >= 15 is 0 Å². The maximum Gasteiger partial charge on any atom is 0.265 e. The number of pyridine rings is 1. The van der Waals surface area contributed by atoms with Gasteiger partial charge in [-0.1, -0.05) is 18.2 Å². The van der Waals surface area contributed by atoms with Crippen molar-refractivity contribution in [3.8, 4) is 17.4 Å². The molecule has 0 atom stereocenters. The highest BCUT2D eigenvalue weighted by Gasteiger charge is 2.17. The quantitative estimate of drug-likeness (QED) is 0.245. The lowest BCUT2D eigenvalue weighted by Crippen LogP contribution is -2.17. The minimum absolute atomic E-state index is 0.0492. The second kappa shape index (κ2) is 11.0. The van der Waals surface area contributed by atoms with Gasteiger partial charge in [0.25, 0.3) is 11.8 Å². The molecule has 0 bridgehead atoms. The number of hydrogen-bond donors (Lipinski definition) is 2. The number of fused-ring (bicyclic) bond motifs is 2. The number of thiophene rings is 1. The number of rotatable bonds is 7. The van der Waals surface area contributed by atoms with Crippen LogP contribution in [0.5, 0.6) is 17.4 Å². The zero-order chi connectivity index (χ0) is 27.5. The van der Waals surface area contributed by atoms with E-state index in [9.17, 15) is 14.0 Å². The molecule has 0 fully saturated rings. The van der Waals surface area contributed by atoms with E-state index in [1.54, 1.807) is 36.5 Å². The summed E-state index contributed by atoms with van der Waals surface area (Å²) in [5.41, 5.74) is 1.56. The predicted octanol–water partition coefficient (Wildman–Crippen LogP) is 6.29. The molecule has 2 N–H and O–H groups in total. The highest BCUT2D eigenvalue weighted by molar-refractivity contribution is 7.20. The molecule has 2 aromatic heterocycles. The fourth-order valence-electron chi connectivity index (χ4n) is 4.14. The number of carbonyl (C=O) groups excluding carboxylic acids is 2. The van der Waals surface area contributed by atoms with Crippen molar-refractivity contribution in [2.75, 3.05) is 23.8 Å². The number of anilines is 2. The van der Waals surface area contributed by atoms with Gasteiger partial charge in [0.05, 0.1) is 10.6 Å². The molecule has 0 saturated heterocycles. The van der Waals surface area contributed by atoms with E-state index < -0.39 is 17.6 Å². The van der Waals surface area contributed by atoms with E-state index in [0.29, 0.717) is 53.3 Å². The molecular weight excluding hydrogens is 533 g/mol. The molecule has 40 heavy (non-hydrogen) atoms. The number of benzene rings is 3. The average Bonchev–Trinajstić information content (AvgIpc) is 3.42. The lowest BCUT2D eigenvalue weighted by atomic mass is 10.1. The Morgan fingerprint density at radius 1 is 0.900 bits per heavy atom. The molecule has 200 valence electrons. The van der Waals surface area contributed by atoms with Crippen LogP contribution < -0.4 is 24.8 Å². The number of aromatic nitrogens is 1. The molecule has 3 aromatic carbocycles. The third kappa shape index (κ3) is 5.57. The van der Waals surface area contributed by atoms with Gasteiger partial charge in [0, 0.05) is 28.2 Å². The number of hydrogen-bond acceptors (Lipinski definition) is 7. The molecule has 8 nitrogen and oxygen atoms in total. The molecule has 6 rings (SSSR count). The van der Waals surface area contributed by atoms with Crippen LogP contribution in [0.2, 0.25) is 0 Å². The van der Waals surface area contributed by atoms with Gasteiger partial charge in [0.15, 0.2) is 11.5 Å². The summed E-state index contributed by atoms with van der Waals surface area (Å²) in [6.45, 7) is 1.19. The Bertz CT molecular complexity index is 1720. The van der Waals surface area contributed by atoms with Crippen molar-refractivity contribution < 1.29 is 28.2 Å². The number of ether oxygens (including phenoxy) is 3. The lowest BCUT2D eigenvalue weighted by Gasteiger charge is -2.18. The Hall–Kier alpha value is -4.96. The highest BCUT2D eigenvalue weighted by atomic mass is 32.1. The van der Waals surface area contributed by atoms with E-state index in [1.807, 2.05) is 30.3 Å². The van der Waals surface area contributed by atoms with Gasteiger partial charge in [-0.25, -0.2) is 9.37 Å². The zero-order valence-corrected chi connectivity index (χ0v) is 21.8. The number of amides is 2. The molecule has 0 spiro atoms. The Morgan fingerprint density at radius 3 is 2.62 bits per heavy atom. The first-order valence-corrected chi connectivity index (χ1v) is 13.2. The fraction of sp³-hybridized carbons (Fsp3) is 0.100. The molecule has 0 unspecified atom stereocenters. The van der Waals surface area contributed by atoms with Crippen molar-refractivity contribution in [2.45, 2.75) is 6.61 Å². The van der Waals surface area contributed by atoms with Gasteiger partial charge < -0.3 is 24.8 Å². The van der Waals surface area contributed by atoms with Crippen LogP contribution in [-0.2, 0) is 6.61 Å². The normalized spacial score (nSPS) is 12.1. The van der Waals surface area contributed by atoms with Crippen LogP contribution in [-0.4, -0.2) is 30.0 Å². The SMILES string of the molecule is O=C(Nc1ccc(F)c(NC(=O)c2cc3ccc(COc4ccccn4)cc3s2)c1)c1ccc2c(c1)OCCO2. The monoisotopic (exact) mass is 555 g/mol. The van der Waals surface area contributed by atoms with Crippen LogP contribution in [0.1, 0.15) is 25.6 Å². The van der Waals surface area contributed by atoms with Crippen molar-refractivity contribution in [3.63, 3.8) is 0 Å². The number of halogens is 1. The van der Waals surface area contributed by atoms with Crippen molar-refractivity contribution >= 4 is 44.6 Å². The Labute approximate surface area is 232 Å². The fourth-order valence-corrected chi connectivity index (χ4v) is 5.16. The van der Waals surface area contributed by atoms with Crippen LogP contribution in [0.3, 0.4) is 0 Å². The van der Waals surface area contributed by atoms with Crippen molar-refractivity contribution in [1.82, 2.24) is 4.98 Å². The van der Waals surface area contributed by atoms with E-state index in [2.05, 4.69) is 15.6 Å². The number of nitrogens with zero attached hydrogens (tertiary/aromatic N) is 1. The van der Waals surface area contributed by atoms with E-state index in [4.69, 9.17) is 14.2 Å². The van der Waals surface area contributed by atoms with Gasteiger partial charge in [-0.3, -0.25) is 9.59 Å². The minimum atomic E-state index is -0.624. The molecule has 1 aliphatic heterocycles. The topological polar surface area (TPSA) is 98.8 Å². The minimum Gasteiger partial charge on any atom is -0.486 e. The second-order valence-corrected chi connectivity index (χ2v) is 9.98. The maximum absolute atomic E-state index is 14.6. The van der Waals surface area contributed by atoms with Crippen LogP contribution in [0, 0.1) is 5.82 Å². The Morgan fingerprint density at radius 2 is 1.77 bits per heavy atom. The van der Waals surface area contributed by atoms with Gasteiger partial charge in [-0.15, -0.1) is 11.3 Å². The standard InChI is InChI=1S/C30H22FN3O5S/c31-22-8-7-21(33-29(35)20-6-9-24-25(14-20)38-12-11-37-24)16-23(22)34-30(36)27-15-19-5-4-18(13-26(19)40-27)17-39-28-3-1-2-10-32-28/h1-10,13-16H,11-12,17H2,(H,33,35)(H,34,36). The lowest BCUT2D eigenvalue weighted by molar-refractivity contribution is 0.102. The summed E-state index contributed by atoms with van der Waals surface area (Å²) in [4.78, 5) is 30.4. The van der Waals surface area contributed by atoms with Crippen LogP contribution in [0.25, 0.3) is 10.1 Å². The Balaban J connectivity index is 1.14. The zero-order valence-electron chi connectivity index (χ0n) is 21.0. The molecule has 1 aliphatic rings. The van der Waals surface area contributed by atoms with Crippen LogP contribution >= 0.6 is 11.3 Å². The van der Waals surface area contributed by atoms with Crippen LogP contribution in [0.4, 0.5) is 15.8 Å². The van der Waals surface area contributed by atoms with Gasteiger partial charge in [0.2, 0.25) is 5.88 Å². The average molecular weight is 556 g/mol. The molecular formula is C30H22FN3O5S. The van der Waals surface area contributed by atoms with E-state index in [0.717, 1.165) is 15.6 Å². The molecule has 0 aliphatic carbocycles. The summed E-state index contributed by atoms with van der Waals surface area (Å²) in [5, 5.41) is 6.24. The largest absolute Gasteiger partial charge is 0.486 e. The first-order chi connectivity index (χ1) is 19.5. The summed E-state index contributed by atoms with van der Waals surface area (Å²) in [7, 11) is 0. The van der Waals surface area contributed by atoms with Gasteiger partial charge in [-0.2, -0.15) is 0 Å². The maximum atomic E-state index is 14.6. The molecule has 5 aromatic rings. The summed E-state index contributed by atoms with van der Waals surface area (Å²) < 4.78 is 32.2. The molecule has 3 heterocycles. The smallest absolute Gasteiger partial charge is 0.265 e. The van der Waals surface area contributed by atoms with Crippen molar-refractivity contribution in [2.24, 2.45) is 0 Å². The number of carbonyl (C=O) groups is 2. The number of nitrogens with one attached hydrogen (secondary N) is 2. The van der Waals surface area contributed by atoms with Crippen molar-refractivity contribution in [3.05, 3.63) is 107 Å². The first-order valence-electron chi connectivity index (χ1n) is 12.4. The third-order valence-corrected chi connectivity index (χ3v) is 7.21. The summed E-state index contributed by atoms with van der Waals surface area (Å²) in [5.74, 6) is 0.100. The Kier molecular flexibility index (Phi) is 6.98. The summed E-state index contributed by atoms with van der Waals surface area (Å²) in [6, 6.07) is 21.9. The first kappa shape index (κ1) is 25.3. The van der Waals surface area contributed by atoms with Crippen LogP contribution in [0.15, 0.2) is 85.1 Å². The summed E-state index contributed by atoms with van der Waals surface area (Å²) in [6.07, 6.45) is 1.66. The van der Waals surface area contributed by atoms with E-state index in [-0.39, 0.29) is 5.69 Å². The molecule has 0 saturated carbocycles. The second-order valence-electron chi connectivity index (χ2n) is 8.90. The predicted molar refractivity (Wildman–Crippen MR) is 150 cm³/mol. The van der Waals surface area contributed by atoms with Gasteiger partial charge in [-0.05, 0) is 65.5 Å². The molecule has 10 heteroatoms. The van der Waals surface area contributed by atoms with Gasteiger partial charge >= 0.3 is 0 Å². The van der Waals surface area contributed by atoms with Crippen molar-refractivity contribution in [1.29, 1.82) is 0 Å². The molecule has 2 amide bonds. The molecule has 0 radical (unpaired) electrons. The highest BCUT2D eigenvalue weighted by Crippen LogP contribution is 2.32.